The van der Waals surface area contributed by atoms with Crippen molar-refractivity contribution in [1.29, 1.82) is 0 Å². The topological polar surface area (TPSA) is 95.1 Å². The van der Waals surface area contributed by atoms with Gasteiger partial charge < -0.3 is 15.4 Å². The normalized spacial score (nSPS) is 10.7. The summed E-state index contributed by atoms with van der Waals surface area (Å²) in [4.78, 5) is 30.2. The van der Waals surface area contributed by atoms with Crippen LogP contribution in [0.2, 0.25) is 0 Å². The van der Waals surface area contributed by atoms with Crippen molar-refractivity contribution in [3.63, 3.8) is 0 Å². The summed E-state index contributed by atoms with van der Waals surface area (Å²) >= 11 is 1.23. The van der Waals surface area contributed by atoms with Gasteiger partial charge in [0.05, 0.1) is 23.4 Å². The molecule has 0 aliphatic carbocycles. The molecule has 3 N–H and O–H groups in total. The lowest BCUT2D eigenvalue weighted by molar-refractivity contribution is -0.131. The number of hydrogen-bond donors (Lipinski definition) is 3. The summed E-state index contributed by atoms with van der Waals surface area (Å²) in [6.45, 7) is 0.372. The van der Waals surface area contributed by atoms with Crippen LogP contribution in [-0.2, 0) is 11.3 Å². The van der Waals surface area contributed by atoms with Gasteiger partial charge in [0.1, 0.15) is 0 Å². The van der Waals surface area contributed by atoms with Gasteiger partial charge in [0, 0.05) is 17.2 Å². The van der Waals surface area contributed by atoms with Crippen LogP contribution in [0.25, 0.3) is 6.08 Å². The van der Waals surface area contributed by atoms with Crippen LogP contribution in [0.1, 0.15) is 20.2 Å². The molecule has 0 saturated carbocycles. The number of carbonyl (C=O) groups is 2. The third kappa shape index (κ3) is 3.78. The zero-order valence-electron chi connectivity index (χ0n) is 9.79. The average Bonchev–Trinajstić information content (AvgIpc) is 3.04. The molecule has 0 bridgehead atoms. The maximum atomic E-state index is 11.8. The van der Waals surface area contributed by atoms with Crippen LogP contribution >= 0.6 is 11.3 Å². The number of aromatic nitrogens is 2. The molecular formula is C12H11N3O3S. The quantitative estimate of drug-likeness (QED) is 0.722. The first-order valence-corrected chi connectivity index (χ1v) is 6.23. The summed E-state index contributed by atoms with van der Waals surface area (Å²) in [7, 11) is 0. The molecule has 6 nitrogen and oxygen atoms in total. The van der Waals surface area contributed by atoms with E-state index in [0.717, 1.165) is 11.8 Å². The van der Waals surface area contributed by atoms with Crippen LogP contribution in [0.4, 0.5) is 0 Å². The van der Waals surface area contributed by atoms with E-state index >= 15 is 0 Å². The van der Waals surface area contributed by atoms with Crippen LogP contribution in [0, 0.1) is 0 Å². The maximum Gasteiger partial charge on any atom is 0.328 e. The zero-order valence-corrected chi connectivity index (χ0v) is 10.6. The third-order valence-electron chi connectivity index (χ3n) is 2.24. The van der Waals surface area contributed by atoms with Crippen molar-refractivity contribution in [1.82, 2.24) is 15.3 Å². The fourth-order valence-electron chi connectivity index (χ4n) is 1.36. The molecule has 2 aromatic heterocycles. The van der Waals surface area contributed by atoms with Crippen LogP contribution in [0.15, 0.2) is 30.7 Å². The van der Waals surface area contributed by atoms with Crippen LogP contribution in [-0.4, -0.2) is 27.0 Å². The van der Waals surface area contributed by atoms with E-state index in [1.165, 1.54) is 17.4 Å². The summed E-state index contributed by atoms with van der Waals surface area (Å²) in [5.74, 6) is -1.21. The van der Waals surface area contributed by atoms with Gasteiger partial charge in [-0.2, -0.15) is 0 Å². The van der Waals surface area contributed by atoms with Gasteiger partial charge in [0.2, 0.25) is 0 Å². The number of nitrogens with one attached hydrogen (secondary N) is 2. The highest BCUT2D eigenvalue weighted by Crippen LogP contribution is 2.17. The molecule has 0 saturated heterocycles. The molecule has 2 heterocycles. The molecule has 0 atom stereocenters. The number of imidazole rings is 1. The minimum atomic E-state index is -1.02. The number of carboxylic acid groups (broad SMARTS) is 1. The van der Waals surface area contributed by atoms with Gasteiger partial charge >= 0.3 is 5.97 Å². The molecule has 98 valence electrons. The number of carbonyl (C=O) groups excluding carboxylic acids is 1. The van der Waals surface area contributed by atoms with Crippen molar-refractivity contribution in [2.24, 2.45) is 0 Å². The van der Waals surface area contributed by atoms with E-state index in [-0.39, 0.29) is 5.91 Å². The molecule has 0 fully saturated rings. The highest BCUT2D eigenvalue weighted by molar-refractivity contribution is 7.14. The van der Waals surface area contributed by atoms with Crippen LogP contribution in [0.3, 0.4) is 0 Å². The number of nitrogens with zero attached hydrogens (tertiary/aromatic N) is 1. The lowest BCUT2D eigenvalue weighted by atomic mass is 10.3. The minimum Gasteiger partial charge on any atom is -0.478 e. The Hall–Kier alpha value is -2.41. The predicted molar refractivity (Wildman–Crippen MR) is 70.7 cm³/mol. The van der Waals surface area contributed by atoms with Crippen molar-refractivity contribution in [3.8, 4) is 0 Å². The van der Waals surface area contributed by atoms with Gasteiger partial charge in [-0.3, -0.25) is 4.79 Å². The summed E-state index contributed by atoms with van der Waals surface area (Å²) in [5.41, 5.74) is 0.816. The fraction of sp³-hybridized carbons (Fsp3) is 0.0833. The van der Waals surface area contributed by atoms with E-state index in [1.807, 2.05) is 0 Å². The number of amides is 1. The Kier molecular flexibility index (Phi) is 4.09. The van der Waals surface area contributed by atoms with Crippen molar-refractivity contribution >= 4 is 29.3 Å². The number of H-pyrrole nitrogens is 1. The second-order valence-corrected chi connectivity index (χ2v) is 4.75. The zero-order chi connectivity index (χ0) is 13.7. The van der Waals surface area contributed by atoms with Gasteiger partial charge in [-0.1, -0.05) is 0 Å². The van der Waals surface area contributed by atoms with E-state index in [9.17, 15) is 9.59 Å². The first kappa shape index (κ1) is 13.0. The second-order valence-electron chi connectivity index (χ2n) is 3.63. The molecule has 2 rings (SSSR count). The monoisotopic (exact) mass is 277 g/mol. The molecule has 0 spiro atoms. The van der Waals surface area contributed by atoms with Gasteiger partial charge in [-0.25, -0.2) is 9.78 Å². The Morgan fingerprint density at radius 1 is 1.47 bits per heavy atom. The summed E-state index contributed by atoms with van der Waals surface area (Å²) in [6, 6.07) is 3.36. The molecule has 0 aromatic carbocycles. The highest BCUT2D eigenvalue weighted by Gasteiger charge is 2.08. The molecule has 0 unspecified atom stereocenters. The van der Waals surface area contributed by atoms with E-state index < -0.39 is 5.97 Å². The first-order valence-electron chi connectivity index (χ1n) is 5.41. The Morgan fingerprint density at radius 2 is 2.32 bits per heavy atom. The van der Waals surface area contributed by atoms with Gasteiger partial charge in [0.25, 0.3) is 5.91 Å². The van der Waals surface area contributed by atoms with E-state index in [2.05, 4.69) is 15.3 Å². The molecule has 7 heteroatoms. The fourth-order valence-corrected chi connectivity index (χ4v) is 2.19. The molecule has 1 amide bonds. The van der Waals surface area contributed by atoms with Gasteiger partial charge in [0.15, 0.2) is 0 Å². The van der Waals surface area contributed by atoms with Crippen molar-refractivity contribution in [3.05, 3.63) is 46.2 Å². The Morgan fingerprint density at radius 3 is 3.00 bits per heavy atom. The number of rotatable bonds is 5. The first-order chi connectivity index (χ1) is 9.15. The molecular weight excluding hydrogens is 266 g/mol. The van der Waals surface area contributed by atoms with Crippen molar-refractivity contribution < 1.29 is 14.7 Å². The molecule has 0 radical (unpaired) electrons. The lowest BCUT2D eigenvalue weighted by Gasteiger charge is -2.00. The summed E-state index contributed by atoms with van der Waals surface area (Å²) in [5, 5.41) is 11.2. The molecule has 19 heavy (non-hydrogen) atoms. The number of hydrogen-bond acceptors (Lipinski definition) is 4. The second kappa shape index (κ2) is 5.96. The smallest absolute Gasteiger partial charge is 0.328 e. The highest BCUT2D eigenvalue weighted by atomic mass is 32.1. The number of carboxylic acids is 1. The standard InChI is InChI=1S/C12H11N3O3S/c16-11(17)4-2-9-1-3-10(19-9)12(18)14-6-8-5-13-7-15-8/h1-5,7H,6H2,(H,13,15)(H,14,18)(H,16,17). The predicted octanol–water partition coefficient (Wildman–Crippen LogP) is 1.50. The minimum absolute atomic E-state index is 0.199. The maximum absolute atomic E-state index is 11.8. The number of aromatic amines is 1. The van der Waals surface area contributed by atoms with Crippen LogP contribution < -0.4 is 5.32 Å². The van der Waals surface area contributed by atoms with Crippen LogP contribution in [0.5, 0.6) is 0 Å². The largest absolute Gasteiger partial charge is 0.478 e. The number of aliphatic carboxylic acids is 1. The lowest BCUT2D eigenvalue weighted by Crippen LogP contribution is -2.21. The molecule has 2 aromatic rings. The SMILES string of the molecule is O=C(O)C=Cc1ccc(C(=O)NCc2cnc[nH]2)s1. The summed E-state index contributed by atoms with van der Waals surface area (Å²) < 4.78 is 0. The Labute approximate surface area is 112 Å². The summed E-state index contributed by atoms with van der Waals surface area (Å²) in [6.07, 6.45) is 5.67. The third-order valence-corrected chi connectivity index (χ3v) is 3.28. The van der Waals surface area contributed by atoms with Gasteiger partial charge in [-0.05, 0) is 18.2 Å². The van der Waals surface area contributed by atoms with E-state index in [0.29, 0.717) is 16.3 Å². The molecule has 0 aliphatic rings. The molecule has 0 aliphatic heterocycles. The van der Waals surface area contributed by atoms with Gasteiger partial charge in [-0.15, -0.1) is 11.3 Å². The Balaban J connectivity index is 1.94. The van der Waals surface area contributed by atoms with E-state index in [4.69, 9.17) is 5.11 Å². The average molecular weight is 277 g/mol. The Bertz CT molecular complexity index is 602. The van der Waals surface area contributed by atoms with Crippen molar-refractivity contribution in [2.75, 3.05) is 0 Å². The van der Waals surface area contributed by atoms with E-state index in [1.54, 1.807) is 24.7 Å². The van der Waals surface area contributed by atoms with Crippen molar-refractivity contribution in [2.45, 2.75) is 6.54 Å². The number of thiophene rings is 1.